The van der Waals surface area contributed by atoms with Crippen LogP contribution in [0, 0.1) is 6.92 Å². The molecule has 17 heavy (non-hydrogen) atoms. The second-order valence-electron chi connectivity index (χ2n) is 3.91. The van der Waals surface area contributed by atoms with Gasteiger partial charge >= 0.3 is 0 Å². The van der Waals surface area contributed by atoms with E-state index in [2.05, 4.69) is 55.7 Å². The Labute approximate surface area is 105 Å². The standard InChI is InChI=1S/C16H21N/c1-5-8-15(9-6-2)17(7-3)16-12-10-14(4)11-13-16/h5-6,8-13H,1,7H2,2-4H3/b9-6-,15-8+. The quantitative estimate of drug-likeness (QED) is 0.671. The third kappa shape index (κ3) is 3.63. The lowest BCUT2D eigenvalue weighted by Gasteiger charge is -2.24. The van der Waals surface area contributed by atoms with E-state index < -0.39 is 0 Å². The maximum atomic E-state index is 3.77. The maximum Gasteiger partial charge on any atom is 0.0410 e. The van der Waals surface area contributed by atoms with Crippen molar-refractivity contribution in [2.45, 2.75) is 20.8 Å². The van der Waals surface area contributed by atoms with Crippen molar-refractivity contribution in [1.29, 1.82) is 0 Å². The summed E-state index contributed by atoms with van der Waals surface area (Å²) in [5.74, 6) is 0. The summed E-state index contributed by atoms with van der Waals surface area (Å²) in [6, 6.07) is 8.58. The Bertz CT molecular complexity index is 410. The highest BCUT2D eigenvalue weighted by molar-refractivity contribution is 5.55. The van der Waals surface area contributed by atoms with Gasteiger partial charge < -0.3 is 4.90 Å². The fourth-order valence-electron chi connectivity index (χ4n) is 1.77. The Morgan fingerprint density at radius 1 is 1.29 bits per heavy atom. The van der Waals surface area contributed by atoms with Crippen molar-refractivity contribution in [3.63, 3.8) is 0 Å². The molecule has 0 spiro atoms. The molecule has 1 heteroatoms. The molecule has 1 aromatic carbocycles. The maximum absolute atomic E-state index is 3.77. The van der Waals surface area contributed by atoms with E-state index >= 15 is 0 Å². The van der Waals surface area contributed by atoms with Crippen LogP contribution in [0.2, 0.25) is 0 Å². The predicted octanol–water partition coefficient (Wildman–Crippen LogP) is 4.47. The van der Waals surface area contributed by atoms with Gasteiger partial charge in [0.15, 0.2) is 0 Å². The van der Waals surface area contributed by atoms with Crippen molar-refractivity contribution in [2.75, 3.05) is 11.4 Å². The van der Waals surface area contributed by atoms with Crippen molar-refractivity contribution < 1.29 is 0 Å². The van der Waals surface area contributed by atoms with Gasteiger partial charge in [-0.15, -0.1) is 0 Å². The van der Waals surface area contributed by atoms with E-state index in [1.807, 2.05) is 25.2 Å². The molecule has 0 aliphatic heterocycles. The number of rotatable bonds is 5. The number of aryl methyl sites for hydroxylation is 1. The summed E-state index contributed by atoms with van der Waals surface area (Å²) in [7, 11) is 0. The van der Waals surface area contributed by atoms with Gasteiger partial charge in [-0.05, 0) is 45.1 Å². The average Bonchev–Trinajstić information content (AvgIpc) is 2.33. The molecular formula is C16H21N. The Balaban J connectivity index is 3.08. The van der Waals surface area contributed by atoms with Crippen LogP contribution >= 0.6 is 0 Å². The number of hydrogen-bond donors (Lipinski definition) is 0. The molecule has 0 atom stereocenters. The Morgan fingerprint density at radius 2 is 1.94 bits per heavy atom. The summed E-state index contributed by atoms with van der Waals surface area (Å²) in [6.45, 7) is 11.0. The van der Waals surface area contributed by atoms with Gasteiger partial charge in [0.05, 0.1) is 0 Å². The van der Waals surface area contributed by atoms with E-state index in [0.29, 0.717) is 0 Å². The molecule has 1 rings (SSSR count). The number of anilines is 1. The summed E-state index contributed by atoms with van der Waals surface area (Å²) >= 11 is 0. The van der Waals surface area contributed by atoms with E-state index in [-0.39, 0.29) is 0 Å². The van der Waals surface area contributed by atoms with Gasteiger partial charge in [0.1, 0.15) is 0 Å². The molecule has 0 aliphatic rings. The lowest BCUT2D eigenvalue weighted by Crippen LogP contribution is -2.20. The molecular weight excluding hydrogens is 206 g/mol. The Hall–Kier alpha value is -1.76. The first-order valence-electron chi connectivity index (χ1n) is 6.02. The monoisotopic (exact) mass is 227 g/mol. The summed E-state index contributed by atoms with van der Waals surface area (Å²) in [5, 5.41) is 0. The molecule has 0 saturated carbocycles. The van der Waals surface area contributed by atoms with Gasteiger partial charge in [-0.3, -0.25) is 0 Å². The third-order valence-electron chi connectivity index (χ3n) is 2.60. The molecule has 0 N–H and O–H groups in total. The lowest BCUT2D eigenvalue weighted by molar-refractivity contribution is 0.977. The van der Waals surface area contributed by atoms with Crippen molar-refractivity contribution in [3.05, 3.63) is 66.4 Å². The minimum absolute atomic E-state index is 0.938. The molecule has 0 aliphatic carbocycles. The van der Waals surface area contributed by atoms with E-state index in [9.17, 15) is 0 Å². The number of likely N-dealkylation sites (N-methyl/N-ethyl adjacent to an activating group) is 1. The van der Waals surface area contributed by atoms with Gasteiger partial charge in [0.2, 0.25) is 0 Å². The molecule has 0 saturated heterocycles. The van der Waals surface area contributed by atoms with Crippen LogP contribution in [-0.4, -0.2) is 6.54 Å². The second kappa shape index (κ2) is 6.74. The van der Waals surface area contributed by atoms with Crippen molar-refractivity contribution in [3.8, 4) is 0 Å². The van der Waals surface area contributed by atoms with Gasteiger partial charge in [-0.1, -0.05) is 36.4 Å². The fourth-order valence-corrected chi connectivity index (χ4v) is 1.77. The zero-order chi connectivity index (χ0) is 12.7. The van der Waals surface area contributed by atoms with Crippen LogP contribution in [-0.2, 0) is 0 Å². The largest absolute Gasteiger partial charge is 0.342 e. The zero-order valence-electron chi connectivity index (χ0n) is 11.0. The molecule has 0 radical (unpaired) electrons. The van der Waals surface area contributed by atoms with Crippen LogP contribution in [0.5, 0.6) is 0 Å². The molecule has 0 aromatic heterocycles. The molecule has 0 unspecified atom stereocenters. The van der Waals surface area contributed by atoms with Gasteiger partial charge in [0, 0.05) is 17.9 Å². The van der Waals surface area contributed by atoms with Crippen LogP contribution in [0.1, 0.15) is 19.4 Å². The SMILES string of the molecule is C=C/C=C(\C=C/C)N(CC)c1ccc(C)cc1. The first-order valence-corrected chi connectivity index (χ1v) is 6.02. The highest BCUT2D eigenvalue weighted by Crippen LogP contribution is 2.20. The van der Waals surface area contributed by atoms with Crippen molar-refractivity contribution in [2.24, 2.45) is 0 Å². The third-order valence-corrected chi connectivity index (χ3v) is 2.60. The molecule has 0 bridgehead atoms. The Kier molecular flexibility index (Phi) is 5.28. The van der Waals surface area contributed by atoms with Crippen LogP contribution < -0.4 is 4.90 Å². The minimum Gasteiger partial charge on any atom is -0.342 e. The number of hydrogen-bond acceptors (Lipinski definition) is 1. The second-order valence-corrected chi connectivity index (χ2v) is 3.91. The van der Waals surface area contributed by atoms with Crippen molar-refractivity contribution in [1.82, 2.24) is 0 Å². The van der Waals surface area contributed by atoms with E-state index in [4.69, 9.17) is 0 Å². The van der Waals surface area contributed by atoms with Gasteiger partial charge in [0.25, 0.3) is 0 Å². The smallest absolute Gasteiger partial charge is 0.0410 e. The summed E-state index contributed by atoms with van der Waals surface area (Å²) in [4.78, 5) is 2.26. The first-order chi connectivity index (χ1) is 8.22. The lowest BCUT2D eigenvalue weighted by atomic mass is 10.2. The summed E-state index contributed by atoms with van der Waals surface area (Å²) in [5.41, 5.74) is 3.66. The first kappa shape index (κ1) is 13.3. The predicted molar refractivity (Wildman–Crippen MR) is 77.3 cm³/mol. The van der Waals surface area contributed by atoms with Crippen LogP contribution in [0.3, 0.4) is 0 Å². The summed E-state index contributed by atoms with van der Waals surface area (Å²) < 4.78 is 0. The Morgan fingerprint density at radius 3 is 2.41 bits per heavy atom. The normalized spacial score (nSPS) is 11.8. The number of allylic oxidation sites excluding steroid dienone is 4. The number of nitrogens with zero attached hydrogens (tertiary/aromatic N) is 1. The van der Waals surface area contributed by atoms with Crippen molar-refractivity contribution >= 4 is 5.69 Å². The van der Waals surface area contributed by atoms with Gasteiger partial charge in [-0.2, -0.15) is 0 Å². The molecule has 0 amide bonds. The minimum atomic E-state index is 0.938. The van der Waals surface area contributed by atoms with E-state index in [1.54, 1.807) is 0 Å². The molecule has 1 aromatic rings. The average molecular weight is 227 g/mol. The molecule has 0 fully saturated rings. The molecule has 1 nitrogen and oxygen atoms in total. The van der Waals surface area contributed by atoms with Crippen LogP contribution in [0.15, 0.2) is 60.8 Å². The highest BCUT2D eigenvalue weighted by Gasteiger charge is 2.06. The molecule has 0 heterocycles. The number of benzene rings is 1. The molecule has 90 valence electrons. The van der Waals surface area contributed by atoms with Gasteiger partial charge in [-0.25, -0.2) is 0 Å². The van der Waals surface area contributed by atoms with Crippen LogP contribution in [0.4, 0.5) is 5.69 Å². The van der Waals surface area contributed by atoms with E-state index in [0.717, 1.165) is 12.2 Å². The topological polar surface area (TPSA) is 3.24 Å². The zero-order valence-corrected chi connectivity index (χ0v) is 11.0. The van der Waals surface area contributed by atoms with Crippen LogP contribution in [0.25, 0.3) is 0 Å². The summed E-state index contributed by atoms with van der Waals surface area (Å²) in [6.07, 6.45) is 8.01. The highest BCUT2D eigenvalue weighted by atomic mass is 15.1. The van der Waals surface area contributed by atoms with E-state index in [1.165, 1.54) is 11.3 Å². The fraction of sp³-hybridized carbons (Fsp3) is 0.250.